The zero-order valence-electron chi connectivity index (χ0n) is 12.3. The molecule has 0 aliphatic heterocycles. The Balaban J connectivity index is 1.79. The van der Waals surface area contributed by atoms with Crippen molar-refractivity contribution in [2.45, 2.75) is 44.1 Å². The standard InChI is InChI=1S/C17H20ClNO3/c18-12-5-3-11(4-6-12)17(9-1-2-10-17)19-15(20)13-7-8-14(13)16(21)22/h3-6,13-14H,1-2,7-10H2,(H,19,20)(H,21,22). The van der Waals surface area contributed by atoms with Gasteiger partial charge in [0.05, 0.1) is 17.4 Å². The van der Waals surface area contributed by atoms with Crippen LogP contribution in [0, 0.1) is 11.8 Å². The lowest BCUT2D eigenvalue weighted by Crippen LogP contribution is -2.51. The molecular weight excluding hydrogens is 302 g/mol. The Morgan fingerprint density at radius 2 is 1.68 bits per heavy atom. The summed E-state index contributed by atoms with van der Waals surface area (Å²) in [4.78, 5) is 23.7. The molecule has 0 radical (unpaired) electrons. The number of nitrogens with one attached hydrogen (secondary N) is 1. The normalized spacial score (nSPS) is 26.2. The Morgan fingerprint density at radius 3 is 2.18 bits per heavy atom. The summed E-state index contributed by atoms with van der Waals surface area (Å²) < 4.78 is 0. The molecule has 2 aliphatic rings. The molecule has 0 spiro atoms. The number of carboxylic acids is 1. The minimum atomic E-state index is -0.863. The van der Waals surface area contributed by atoms with Crippen molar-refractivity contribution in [2.24, 2.45) is 11.8 Å². The third-order valence-electron chi connectivity index (χ3n) is 5.14. The van der Waals surface area contributed by atoms with Gasteiger partial charge in [0.25, 0.3) is 0 Å². The molecule has 2 unspecified atom stereocenters. The molecule has 1 aromatic rings. The first-order valence-electron chi connectivity index (χ1n) is 7.83. The molecule has 0 aromatic heterocycles. The summed E-state index contributed by atoms with van der Waals surface area (Å²) in [6.45, 7) is 0. The van der Waals surface area contributed by atoms with Crippen molar-refractivity contribution in [3.63, 3.8) is 0 Å². The van der Waals surface area contributed by atoms with Gasteiger partial charge in [-0.15, -0.1) is 0 Å². The predicted octanol–water partition coefficient (Wildman–Crippen LogP) is 3.34. The first-order chi connectivity index (χ1) is 10.5. The molecule has 0 bridgehead atoms. The number of carbonyl (C=O) groups excluding carboxylic acids is 1. The van der Waals surface area contributed by atoms with Crippen LogP contribution < -0.4 is 5.32 Å². The number of carboxylic acid groups (broad SMARTS) is 1. The van der Waals surface area contributed by atoms with E-state index >= 15 is 0 Å². The number of carbonyl (C=O) groups is 2. The molecule has 3 rings (SSSR count). The summed E-state index contributed by atoms with van der Waals surface area (Å²) in [5.74, 6) is -1.89. The van der Waals surface area contributed by atoms with Crippen LogP contribution in [0.25, 0.3) is 0 Å². The summed E-state index contributed by atoms with van der Waals surface area (Å²) in [6, 6.07) is 7.60. The van der Waals surface area contributed by atoms with E-state index in [9.17, 15) is 9.59 Å². The third kappa shape index (κ3) is 2.72. The lowest BCUT2D eigenvalue weighted by Gasteiger charge is -2.37. The summed E-state index contributed by atoms with van der Waals surface area (Å²) in [6.07, 6.45) is 5.18. The smallest absolute Gasteiger partial charge is 0.307 e. The fraction of sp³-hybridized carbons (Fsp3) is 0.529. The van der Waals surface area contributed by atoms with Gasteiger partial charge in [-0.05, 0) is 43.4 Å². The van der Waals surface area contributed by atoms with E-state index < -0.39 is 11.9 Å². The molecule has 0 heterocycles. The second-order valence-electron chi connectivity index (χ2n) is 6.41. The van der Waals surface area contributed by atoms with E-state index in [1.165, 1.54) is 0 Å². The lowest BCUT2D eigenvalue weighted by molar-refractivity contribution is -0.153. The van der Waals surface area contributed by atoms with Gasteiger partial charge in [-0.25, -0.2) is 0 Å². The highest BCUT2D eigenvalue weighted by Crippen LogP contribution is 2.41. The molecule has 4 nitrogen and oxygen atoms in total. The Kier molecular flexibility index (Phi) is 4.13. The lowest BCUT2D eigenvalue weighted by atomic mass is 9.72. The number of benzene rings is 1. The molecule has 22 heavy (non-hydrogen) atoms. The van der Waals surface area contributed by atoms with Crippen LogP contribution in [0.15, 0.2) is 24.3 Å². The third-order valence-corrected chi connectivity index (χ3v) is 5.40. The van der Waals surface area contributed by atoms with Crippen LogP contribution >= 0.6 is 11.6 Å². The number of aliphatic carboxylic acids is 1. The van der Waals surface area contributed by atoms with Gasteiger partial charge in [-0.2, -0.15) is 0 Å². The quantitative estimate of drug-likeness (QED) is 0.893. The van der Waals surface area contributed by atoms with E-state index in [2.05, 4.69) is 5.32 Å². The summed E-state index contributed by atoms with van der Waals surface area (Å²) >= 11 is 5.95. The molecule has 2 fully saturated rings. The van der Waals surface area contributed by atoms with Crippen LogP contribution in [-0.2, 0) is 15.1 Å². The zero-order valence-corrected chi connectivity index (χ0v) is 13.1. The highest BCUT2D eigenvalue weighted by Gasteiger charge is 2.45. The highest BCUT2D eigenvalue weighted by molar-refractivity contribution is 6.30. The number of rotatable bonds is 4. The molecule has 0 saturated heterocycles. The predicted molar refractivity (Wildman–Crippen MR) is 83.6 cm³/mol. The summed E-state index contributed by atoms with van der Waals surface area (Å²) in [5.41, 5.74) is 0.703. The van der Waals surface area contributed by atoms with Crippen LogP contribution in [0.3, 0.4) is 0 Å². The maximum absolute atomic E-state index is 12.5. The fourth-order valence-corrected chi connectivity index (χ4v) is 3.80. The molecule has 1 aromatic carbocycles. The number of halogens is 1. The van der Waals surface area contributed by atoms with Gasteiger partial charge < -0.3 is 10.4 Å². The van der Waals surface area contributed by atoms with Crippen molar-refractivity contribution >= 4 is 23.5 Å². The van der Waals surface area contributed by atoms with E-state index in [1.807, 2.05) is 24.3 Å². The fourth-order valence-electron chi connectivity index (χ4n) is 3.67. The van der Waals surface area contributed by atoms with Gasteiger partial charge in [0.2, 0.25) is 5.91 Å². The van der Waals surface area contributed by atoms with Crippen molar-refractivity contribution < 1.29 is 14.7 Å². The topological polar surface area (TPSA) is 66.4 Å². The minimum Gasteiger partial charge on any atom is -0.481 e. The molecule has 5 heteroatoms. The molecule has 1 amide bonds. The van der Waals surface area contributed by atoms with Crippen LogP contribution in [0.1, 0.15) is 44.1 Å². The highest BCUT2D eigenvalue weighted by atomic mass is 35.5. The van der Waals surface area contributed by atoms with Gasteiger partial charge in [-0.3, -0.25) is 9.59 Å². The summed E-state index contributed by atoms with van der Waals surface area (Å²) in [7, 11) is 0. The Morgan fingerprint density at radius 1 is 1.09 bits per heavy atom. The van der Waals surface area contributed by atoms with Crippen molar-refractivity contribution in [2.75, 3.05) is 0 Å². The van der Waals surface area contributed by atoms with E-state index in [0.29, 0.717) is 17.9 Å². The molecule has 2 N–H and O–H groups in total. The largest absolute Gasteiger partial charge is 0.481 e. The average molecular weight is 322 g/mol. The monoisotopic (exact) mass is 321 g/mol. The van der Waals surface area contributed by atoms with Crippen LogP contribution in [0.5, 0.6) is 0 Å². The molecule has 2 aliphatic carbocycles. The first-order valence-corrected chi connectivity index (χ1v) is 8.20. The molecule has 2 atom stereocenters. The number of hydrogen-bond acceptors (Lipinski definition) is 2. The van der Waals surface area contributed by atoms with E-state index in [0.717, 1.165) is 31.2 Å². The molecule has 2 saturated carbocycles. The van der Waals surface area contributed by atoms with Crippen molar-refractivity contribution in [3.05, 3.63) is 34.9 Å². The SMILES string of the molecule is O=C(O)C1CCC1C(=O)NC1(c2ccc(Cl)cc2)CCCC1. The average Bonchev–Trinajstić information content (AvgIpc) is 2.86. The van der Waals surface area contributed by atoms with E-state index in [-0.39, 0.29) is 17.4 Å². The number of hydrogen-bond donors (Lipinski definition) is 2. The van der Waals surface area contributed by atoms with E-state index in [1.54, 1.807) is 0 Å². The molecule has 118 valence electrons. The van der Waals surface area contributed by atoms with Crippen LogP contribution in [0.4, 0.5) is 0 Å². The van der Waals surface area contributed by atoms with Gasteiger partial charge in [0.15, 0.2) is 0 Å². The Bertz CT molecular complexity index is 578. The molecular formula is C17H20ClNO3. The van der Waals surface area contributed by atoms with Crippen molar-refractivity contribution in [3.8, 4) is 0 Å². The van der Waals surface area contributed by atoms with Crippen molar-refractivity contribution in [1.82, 2.24) is 5.32 Å². The van der Waals surface area contributed by atoms with Crippen LogP contribution in [0.2, 0.25) is 5.02 Å². The van der Waals surface area contributed by atoms with Gasteiger partial charge in [0, 0.05) is 5.02 Å². The Labute approximate surface area is 134 Å². The minimum absolute atomic E-state index is 0.115. The summed E-state index contributed by atoms with van der Waals surface area (Å²) in [5, 5.41) is 13.0. The van der Waals surface area contributed by atoms with Crippen molar-refractivity contribution in [1.29, 1.82) is 0 Å². The Hall–Kier alpha value is -1.55. The number of amides is 1. The van der Waals surface area contributed by atoms with Gasteiger partial charge in [0.1, 0.15) is 0 Å². The maximum atomic E-state index is 12.5. The second-order valence-corrected chi connectivity index (χ2v) is 6.85. The second kappa shape index (κ2) is 5.92. The van der Waals surface area contributed by atoms with E-state index in [4.69, 9.17) is 16.7 Å². The maximum Gasteiger partial charge on any atom is 0.307 e. The van der Waals surface area contributed by atoms with Crippen LogP contribution in [-0.4, -0.2) is 17.0 Å². The first kappa shape index (κ1) is 15.3. The van der Waals surface area contributed by atoms with Gasteiger partial charge >= 0.3 is 5.97 Å². The zero-order chi connectivity index (χ0) is 15.7. The van der Waals surface area contributed by atoms with Gasteiger partial charge in [-0.1, -0.05) is 36.6 Å².